The normalized spacial score (nSPS) is 25.3. The number of para-hydroxylation sites is 1. The summed E-state index contributed by atoms with van der Waals surface area (Å²) >= 11 is 3.20. The molecule has 0 spiro atoms. The molecule has 0 bridgehead atoms. The summed E-state index contributed by atoms with van der Waals surface area (Å²) in [5.41, 5.74) is 1.02. The van der Waals surface area contributed by atoms with Crippen LogP contribution in [0.3, 0.4) is 0 Å². The van der Waals surface area contributed by atoms with E-state index in [0.29, 0.717) is 23.6 Å². The minimum absolute atomic E-state index is 0.134. The zero-order valence-corrected chi connectivity index (χ0v) is 14.7. The zero-order valence-electron chi connectivity index (χ0n) is 13.0. The summed E-state index contributed by atoms with van der Waals surface area (Å²) in [5, 5.41) is 3.22. The molecule has 1 N–H and O–H groups in total. The van der Waals surface area contributed by atoms with Crippen LogP contribution in [0.2, 0.25) is 0 Å². The maximum Gasteiger partial charge on any atom is 0.230 e. The number of hydrogen-bond acceptors (Lipinski definition) is 4. The first-order valence-electron chi connectivity index (χ1n) is 7.91. The number of rotatable bonds is 4. The molecule has 2 aromatic rings. The second-order valence-corrected chi connectivity index (χ2v) is 8.43. The first-order chi connectivity index (χ1) is 10.6. The molecule has 0 aliphatic heterocycles. The SMILES string of the molecule is C[C@H]1[C@H](C)CCC[C@H]1NC(=O)CSc1nc2ccccc2s1. The van der Waals surface area contributed by atoms with Crippen LogP contribution in [0, 0.1) is 11.8 Å². The van der Waals surface area contributed by atoms with Gasteiger partial charge in [-0.1, -0.05) is 50.6 Å². The molecule has 1 aromatic heterocycles. The lowest BCUT2D eigenvalue weighted by Gasteiger charge is -2.34. The summed E-state index contributed by atoms with van der Waals surface area (Å²) in [6.45, 7) is 4.55. The fraction of sp³-hybridized carbons (Fsp3) is 0.529. The predicted octanol–water partition coefficient (Wildman–Crippen LogP) is 4.33. The Kier molecular flexibility index (Phi) is 5.03. The highest BCUT2D eigenvalue weighted by Crippen LogP contribution is 2.31. The van der Waals surface area contributed by atoms with E-state index in [1.807, 2.05) is 18.2 Å². The molecule has 1 saturated carbocycles. The maximum atomic E-state index is 12.2. The predicted molar refractivity (Wildman–Crippen MR) is 94.5 cm³/mol. The van der Waals surface area contributed by atoms with Gasteiger partial charge in [0.15, 0.2) is 4.34 Å². The van der Waals surface area contributed by atoms with Crippen molar-refractivity contribution >= 4 is 39.2 Å². The summed E-state index contributed by atoms with van der Waals surface area (Å²) < 4.78 is 2.15. The van der Waals surface area contributed by atoms with E-state index in [9.17, 15) is 4.79 Å². The third-order valence-electron chi connectivity index (χ3n) is 4.65. The average molecular weight is 335 g/mol. The van der Waals surface area contributed by atoms with Gasteiger partial charge >= 0.3 is 0 Å². The molecule has 0 unspecified atom stereocenters. The number of thiazole rings is 1. The highest BCUT2D eigenvalue weighted by atomic mass is 32.2. The van der Waals surface area contributed by atoms with Crippen molar-refractivity contribution in [2.75, 3.05) is 5.75 Å². The number of amides is 1. The van der Waals surface area contributed by atoms with Crippen LogP contribution in [0.4, 0.5) is 0 Å². The fourth-order valence-electron chi connectivity index (χ4n) is 3.07. The van der Waals surface area contributed by atoms with Crippen LogP contribution in [0.5, 0.6) is 0 Å². The topological polar surface area (TPSA) is 42.0 Å². The molecule has 1 aliphatic rings. The first-order valence-corrected chi connectivity index (χ1v) is 9.71. The van der Waals surface area contributed by atoms with Gasteiger partial charge in [-0.3, -0.25) is 4.79 Å². The molecule has 1 aromatic carbocycles. The summed E-state index contributed by atoms with van der Waals surface area (Å²) in [6.07, 6.45) is 3.62. The molecule has 1 fully saturated rings. The van der Waals surface area contributed by atoms with Gasteiger partial charge in [0.25, 0.3) is 0 Å². The van der Waals surface area contributed by atoms with Gasteiger partial charge in [0.2, 0.25) is 5.91 Å². The molecule has 3 rings (SSSR count). The Bertz CT molecular complexity index is 622. The summed E-state index contributed by atoms with van der Waals surface area (Å²) in [5.74, 6) is 1.87. The molecule has 5 heteroatoms. The van der Waals surface area contributed by atoms with Gasteiger partial charge in [0, 0.05) is 6.04 Å². The van der Waals surface area contributed by atoms with Crippen molar-refractivity contribution in [2.45, 2.75) is 43.5 Å². The number of benzene rings is 1. The second kappa shape index (κ2) is 7.01. The Morgan fingerprint density at radius 1 is 1.36 bits per heavy atom. The van der Waals surface area contributed by atoms with Crippen molar-refractivity contribution in [3.05, 3.63) is 24.3 Å². The van der Waals surface area contributed by atoms with Crippen LogP contribution in [0.25, 0.3) is 10.2 Å². The van der Waals surface area contributed by atoms with Gasteiger partial charge in [0.1, 0.15) is 0 Å². The highest BCUT2D eigenvalue weighted by Gasteiger charge is 2.28. The Hall–Kier alpha value is -1.07. The van der Waals surface area contributed by atoms with Crippen molar-refractivity contribution < 1.29 is 4.79 Å². The molecule has 1 amide bonds. The summed E-state index contributed by atoms with van der Waals surface area (Å²) in [6, 6.07) is 8.44. The standard InChI is InChI=1S/C17H22N2OS2/c1-11-6-5-8-13(12(11)2)18-16(20)10-21-17-19-14-7-3-4-9-15(14)22-17/h3-4,7,9,11-13H,5-6,8,10H2,1-2H3,(H,18,20)/t11-,12+,13-/m1/s1. The minimum atomic E-state index is 0.134. The van der Waals surface area contributed by atoms with Crippen LogP contribution >= 0.6 is 23.1 Å². The lowest BCUT2D eigenvalue weighted by molar-refractivity contribution is -0.119. The lowest BCUT2D eigenvalue weighted by atomic mass is 9.78. The Morgan fingerprint density at radius 3 is 3.00 bits per heavy atom. The third kappa shape index (κ3) is 3.63. The number of carbonyl (C=O) groups is 1. The van der Waals surface area contributed by atoms with Gasteiger partial charge < -0.3 is 5.32 Å². The Morgan fingerprint density at radius 2 is 2.18 bits per heavy atom. The lowest BCUT2D eigenvalue weighted by Crippen LogP contribution is -2.44. The van der Waals surface area contributed by atoms with Crippen LogP contribution in [0.15, 0.2) is 28.6 Å². The van der Waals surface area contributed by atoms with Crippen molar-refractivity contribution in [3.8, 4) is 0 Å². The van der Waals surface area contributed by atoms with Gasteiger partial charge in [-0.2, -0.15) is 0 Å². The number of hydrogen-bond donors (Lipinski definition) is 1. The van der Waals surface area contributed by atoms with Gasteiger partial charge in [-0.25, -0.2) is 4.98 Å². The van der Waals surface area contributed by atoms with E-state index < -0.39 is 0 Å². The number of fused-ring (bicyclic) bond motifs is 1. The first kappa shape index (κ1) is 15.8. The molecule has 118 valence electrons. The van der Waals surface area contributed by atoms with Crippen LogP contribution < -0.4 is 5.32 Å². The fourth-order valence-corrected chi connectivity index (χ4v) is 4.95. The molecular weight excluding hydrogens is 312 g/mol. The molecule has 1 aliphatic carbocycles. The van der Waals surface area contributed by atoms with E-state index in [4.69, 9.17) is 0 Å². The molecule has 0 saturated heterocycles. The Balaban J connectivity index is 1.53. The van der Waals surface area contributed by atoms with Crippen molar-refractivity contribution in [3.63, 3.8) is 0 Å². The van der Waals surface area contributed by atoms with Crippen LogP contribution in [0.1, 0.15) is 33.1 Å². The zero-order chi connectivity index (χ0) is 15.5. The third-order valence-corrected chi connectivity index (χ3v) is 6.83. The monoisotopic (exact) mass is 334 g/mol. The van der Waals surface area contributed by atoms with Crippen LogP contribution in [-0.4, -0.2) is 22.7 Å². The smallest absolute Gasteiger partial charge is 0.230 e. The van der Waals surface area contributed by atoms with E-state index in [-0.39, 0.29) is 5.91 Å². The number of carbonyl (C=O) groups excluding carboxylic acids is 1. The molecule has 22 heavy (non-hydrogen) atoms. The van der Waals surface area contributed by atoms with E-state index >= 15 is 0 Å². The van der Waals surface area contributed by atoms with Gasteiger partial charge in [-0.15, -0.1) is 11.3 Å². The summed E-state index contributed by atoms with van der Waals surface area (Å²) in [4.78, 5) is 16.8. The minimum Gasteiger partial charge on any atom is -0.352 e. The average Bonchev–Trinajstić information content (AvgIpc) is 2.93. The quantitative estimate of drug-likeness (QED) is 0.846. The van der Waals surface area contributed by atoms with E-state index in [2.05, 4.69) is 30.2 Å². The van der Waals surface area contributed by atoms with E-state index in [1.165, 1.54) is 17.5 Å². The highest BCUT2D eigenvalue weighted by molar-refractivity contribution is 8.01. The van der Waals surface area contributed by atoms with Crippen molar-refractivity contribution in [1.29, 1.82) is 0 Å². The maximum absolute atomic E-state index is 12.2. The van der Waals surface area contributed by atoms with Crippen molar-refractivity contribution in [1.82, 2.24) is 10.3 Å². The largest absolute Gasteiger partial charge is 0.352 e. The van der Waals surface area contributed by atoms with E-state index in [1.54, 1.807) is 23.1 Å². The van der Waals surface area contributed by atoms with Crippen molar-refractivity contribution in [2.24, 2.45) is 11.8 Å². The van der Waals surface area contributed by atoms with Crippen LogP contribution in [-0.2, 0) is 4.79 Å². The Labute approximate surface area is 139 Å². The second-order valence-electron chi connectivity index (χ2n) is 6.18. The van der Waals surface area contributed by atoms with Gasteiger partial charge in [0.05, 0.1) is 16.0 Å². The molecule has 3 atom stereocenters. The van der Waals surface area contributed by atoms with Gasteiger partial charge in [-0.05, 0) is 30.4 Å². The summed E-state index contributed by atoms with van der Waals surface area (Å²) in [7, 11) is 0. The molecular formula is C17H22N2OS2. The molecule has 1 heterocycles. The number of aromatic nitrogens is 1. The number of thioether (sulfide) groups is 1. The van der Waals surface area contributed by atoms with E-state index in [0.717, 1.165) is 16.3 Å². The number of nitrogens with one attached hydrogen (secondary N) is 1. The molecule has 0 radical (unpaired) electrons. The molecule has 3 nitrogen and oxygen atoms in total. The number of nitrogens with zero attached hydrogens (tertiary/aromatic N) is 1.